The second-order valence-corrected chi connectivity index (χ2v) is 4.30. The molecule has 1 aromatic carbocycles. The van der Waals surface area contributed by atoms with Gasteiger partial charge in [0.05, 0.1) is 11.1 Å². The van der Waals surface area contributed by atoms with Gasteiger partial charge in [-0.2, -0.15) is 0 Å². The van der Waals surface area contributed by atoms with Crippen molar-refractivity contribution in [3.63, 3.8) is 0 Å². The second kappa shape index (κ2) is 5.00. The Morgan fingerprint density at radius 2 is 2.33 bits per heavy atom. The predicted molar refractivity (Wildman–Crippen MR) is 65.6 cm³/mol. The highest BCUT2D eigenvalue weighted by molar-refractivity contribution is 8.00. The fourth-order valence-corrected chi connectivity index (χ4v) is 2.30. The fraction of sp³-hybridized carbons (Fsp3) is 0.182. The average molecular weight is 219 g/mol. The first-order chi connectivity index (χ1) is 7.40. The minimum absolute atomic E-state index is 0.232. The number of nitrogens with one attached hydrogen (secondary N) is 1. The molecule has 1 aliphatic heterocycles. The Balaban J connectivity index is 2.00. The monoisotopic (exact) mass is 219 g/mol. The lowest BCUT2D eigenvalue weighted by molar-refractivity contribution is 0.828. The molecule has 1 aromatic rings. The van der Waals surface area contributed by atoms with Gasteiger partial charge in [0.2, 0.25) is 0 Å². The summed E-state index contributed by atoms with van der Waals surface area (Å²) in [6, 6.07) is 8.14. The van der Waals surface area contributed by atoms with Crippen LogP contribution < -0.4 is 11.1 Å². The highest BCUT2D eigenvalue weighted by Crippen LogP contribution is 2.34. The molecule has 0 aliphatic carbocycles. The van der Waals surface area contributed by atoms with Crippen LogP contribution in [-0.4, -0.2) is 18.1 Å². The van der Waals surface area contributed by atoms with E-state index in [0.29, 0.717) is 0 Å². The van der Waals surface area contributed by atoms with E-state index in [4.69, 9.17) is 5.73 Å². The maximum absolute atomic E-state index is 5.26. The van der Waals surface area contributed by atoms with Crippen LogP contribution in [0.3, 0.4) is 0 Å². The van der Waals surface area contributed by atoms with Crippen molar-refractivity contribution in [2.75, 3.05) is 6.54 Å². The molecule has 0 spiro atoms. The van der Waals surface area contributed by atoms with Gasteiger partial charge in [-0.15, -0.1) is 0 Å². The van der Waals surface area contributed by atoms with E-state index in [1.807, 2.05) is 30.5 Å². The van der Waals surface area contributed by atoms with E-state index in [-0.39, 0.29) is 5.37 Å². The largest absolute Gasteiger partial charge is 0.405 e. The molecular weight excluding hydrogens is 206 g/mol. The molecule has 0 bridgehead atoms. The number of fused-ring (bicyclic) bond motifs is 1. The summed E-state index contributed by atoms with van der Waals surface area (Å²) in [5, 5.41) is 3.54. The summed E-state index contributed by atoms with van der Waals surface area (Å²) in [4.78, 5) is 5.61. The van der Waals surface area contributed by atoms with Gasteiger partial charge in [0.25, 0.3) is 0 Å². The van der Waals surface area contributed by atoms with Crippen molar-refractivity contribution in [1.29, 1.82) is 0 Å². The number of aliphatic imine (C=N–C) groups is 1. The molecule has 1 aliphatic rings. The molecule has 3 N–H and O–H groups in total. The minimum Gasteiger partial charge on any atom is -0.405 e. The van der Waals surface area contributed by atoms with Crippen molar-refractivity contribution in [1.82, 2.24) is 5.32 Å². The Labute approximate surface area is 93.5 Å². The zero-order valence-electron chi connectivity index (χ0n) is 8.26. The molecule has 3 nitrogen and oxygen atoms in total. The summed E-state index contributed by atoms with van der Waals surface area (Å²) in [6.45, 7) is 0.766. The molecule has 1 unspecified atom stereocenters. The zero-order valence-corrected chi connectivity index (χ0v) is 9.08. The molecule has 0 saturated carbocycles. The van der Waals surface area contributed by atoms with Gasteiger partial charge in [-0.3, -0.25) is 10.3 Å². The van der Waals surface area contributed by atoms with Gasteiger partial charge in [-0.25, -0.2) is 0 Å². The smallest absolute Gasteiger partial charge is 0.0942 e. The summed E-state index contributed by atoms with van der Waals surface area (Å²) in [5.41, 5.74) is 6.31. The van der Waals surface area contributed by atoms with Gasteiger partial charge < -0.3 is 5.73 Å². The Bertz CT molecular complexity index is 387. The van der Waals surface area contributed by atoms with Crippen LogP contribution in [0.1, 0.15) is 0 Å². The van der Waals surface area contributed by atoms with E-state index >= 15 is 0 Å². The summed E-state index contributed by atoms with van der Waals surface area (Å²) >= 11 is 1.77. The summed E-state index contributed by atoms with van der Waals surface area (Å²) in [6.07, 6.45) is 5.36. The fourth-order valence-electron chi connectivity index (χ4n) is 1.33. The number of para-hydroxylation sites is 1. The number of hydrogen-bond acceptors (Lipinski definition) is 4. The summed E-state index contributed by atoms with van der Waals surface area (Å²) < 4.78 is 0. The van der Waals surface area contributed by atoms with Crippen molar-refractivity contribution >= 4 is 23.7 Å². The van der Waals surface area contributed by atoms with Crippen LogP contribution in [0.15, 0.2) is 46.4 Å². The predicted octanol–water partition coefficient (Wildman–Crippen LogP) is 1.88. The summed E-state index contributed by atoms with van der Waals surface area (Å²) in [5.74, 6) is 0. The van der Waals surface area contributed by atoms with Gasteiger partial charge in [-0.05, 0) is 18.3 Å². The van der Waals surface area contributed by atoms with Crippen molar-refractivity contribution in [2.45, 2.75) is 10.3 Å². The standard InChI is InChI=1S/C11H13N3S/c12-6-3-7-13-11-8-14-9-4-1-2-5-10(9)15-11/h1-6,8,11,13H,7,12H2/b6-3+. The number of benzene rings is 1. The molecule has 1 atom stereocenters. The van der Waals surface area contributed by atoms with E-state index in [1.165, 1.54) is 4.90 Å². The lowest BCUT2D eigenvalue weighted by atomic mass is 10.3. The number of thioether (sulfide) groups is 1. The first-order valence-electron chi connectivity index (χ1n) is 4.80. The zero-order chi connectivity index (χ0) is 10.5. The summed E-state index contributed by atoms with van der Waals surface area (Å²) in [7, 11) is 0. The maximum atomic E-state index is 5.26. The second-order valence-electron chi connectivity index (χ2n) is 3.12. The van der Waals surface area contributed by atoms with E-state index < -0.39 is 0 Å². The van der Waals surface area contributed by atoms with Gasteiger partial charge in [0.15, 0.2) is 0 Å². The molecule has 0 fully saturated rings. The first kappa shape index (κ1) is 10.3. The topological polar surface area (TPSA) is 50.4 Å². The quantitative estimate of drug-likeness (QED) is 0.816. The molecule has 2 rings (SSSR count). The number of hydrogen-bond donors (Lipinski definition) is 2. The number of rotatable bonds is 3. The van der Waals surface area contributed by atoms with Crippen LogP contribution >= 0.6 is 11.8 Å². The van der Waals surface area contributed by atoms with E-state index in [9.17, 15) is 0 Å². The molecule has 0 radical (unpaired) electrons. The van der Waals surface area contributed by atoms with Crippen LogP contribution in [0, 0.1) is 0 Å². The van der Waals surface area contributed by atoms with Gasteiger partial charge >= 0.3 is 0 Å². The lowest BCUT2D eigenvalue weighted by Crippen LogP contribution is -2.28. The molecule has 0 saturated heterocycles. The Morgan fingerprint density at radius 3 is 3.20 bits per heavy atom. The van der Waals surface area contributed by atoms with Crippen LogP contribution in [0.4, 0.5) is 5.69 Å². The lowest BCUT2D eigenvalue weighted by Gasteiger charge is -2.18. The first-order valence-corrected chi connectivity index (χ1v) is 5.68. The minimum atomic E-state index is 0.232. The maximum Gasteiger partial charge on any atom is 0.0942 e. The van der Waals surface area contributed by atoms with E-state index in [1.54, 1.807) is 18.0 Å². The van der Waals surface area contributed by atoms with E-state index in [2.05, 4.69) is 16.4 Å². The third-order valence-corrected chi connectivity index (χ3v) is 3.18. The van der Waals surface area contributed by atoms with Crippen molar-refractivity contribution in [2.24, 2.45) is 10.7 Å². The number of nitrogens with zero attached hydrogens (tertiary/aromatic N) is 1. The molecule has 0 aromatic heterocycles. The van der Waals surface area contributed by atoms with Crippen molar-refractivity contribution in [3.8, 4) is 0 Å². The SMILES string of the molecule is N/C=C/CNC1C=Nc2ccccc2S1. The Kier molecular flexibility index (Phi) is 3.42. The molecule has 1 heterocycles. The van der Waals surface area contributed by atoms with Gasteiger partial charge in [0, 0.05) is 17.7 Å². The van der Waals surface area contributed by atoms with Crippen molar-refractivity contribution in [3.05, 3.63) is 36.5 Å². The molecule has 15 heavy (non-hydrogen) atoms. The number of nitrogens with two attached hydrogens (primary N) is 1. The third-order valence-electron chi connectivity index (χ3n) is 2.04. The Morgan fingerprint density at radius 1 is 1.47 bits per heavy atom. The molecule has 0 amide bonds. The third kappa shape index (κ3) is 2.61. The average Bonchev–Trinajstić information content (AvgIpc) is 2.29. The van der Waals surface area contributed by atoms with Crippen LogP contribution in [0.25, 0.3) is 0 Å². The van der Waals surface area contributed by atoms with Crippen LogP contribution in [-0.2, 0) is 0 Å². The van der Waals surface area contributed by atoms with Gasteiger partial charge in [0.1, 0.15) is 0 Å². The molecule has 78 valence electrons. The Hall–Kier alpha value is -1.26. The van der Waals surface area contributed by atoms with Crippen LogP contribution in [0.2, 0.25) is 0 Å². The molecular formula is C11H13N3S. The highest BCUT2D eigenvalue weighted by atomic mass is 32.2. The molecule has 4 heteroatoms. The normalized spacial score (nSPS) is 19.3. The highest BCUT2D eigenvalue weighted by Gasteiger charge is 2.13. The van der Waals surface area contributed by atoms with Crippen LogP contribution in [0.5, 0.6) is 0 Å². The van der Waals surface area contributed by atoms with Gasteiger partial charge in [-0.1, -0.05) is 30.0 Å². The van der Waals surface area contributed by atoms with Crippen molar-refractivity contribution < 1.29 is 0 Å². The van der Waals surface area contributed by atoms with E-state index in [0.717, 1.165) is 12.2 Å².